The van der Waals surface area contributed by atoms with E-state index >= 15 is 0 Å². The van der Waals surface area contributed by atoms with Crippen LogP contribution in [0.15, 0.2) is 16.9 Å². The van der Waals surface area contributed by atoms with Crippen molar-refractivity contribution in [2.45, 2.75) is 38.6 Å². The number of nitrogens with zero attached hydrogens (tertiary/aromatic N) is 5. The van der Waals surface area contributed by atoms with Crippen molar-refractivity contribution in [3.8, 4) is 0 Å². The van der Waals surface area contributed by atoms with Gasteiger partial charge >= 0.3 is 0 Å². The van der Waals surface area contributed by atoms with Crippen LogP contribution in [0, 0.1) is 0 Å². The number of hydrogen-bond acceptors (Lipinski definition) is 6. The van der Waals surface area contributed by atoms with E-state index in [-0.39, 0.29) is 0 Å². The van der Waals surface area contributed by atoms with Crippen LogP contribution < -0.4 is 4.90 Å². The monoisotopic (exact) mass is 305 g/mol. The molecule has 0 N–H and O–H groups in total. The number of piperidine rings is 1. The minimum absolute atomic E-state index is 0.393. The lowest BCUT2D eigenvalue weighted by Crippen LogP contribution is -2.36. The van der Waals surface area contributed by atoms with Crippen molar-refractivity contribution in [2.75, 3.05) is 31.7 Å². The lowest BCUT2D eigenvalue weighted by molar-refractivity contribution is 0.185. The summed E-state index contributed by atoms with van der Waals surface area (Å²) in [4.78, 5) is 11.2. The molecule has 1 unspecified atom stereocenters. The zero-order chi connectivity index (χ0) is 15.4. The largest absolute Gasteiger partial charge is 0.383 e. The van der Waals surface area contributed by atoms with Crippen LogP contribution in [0.5, 0.6) is 0 Å². The molecule has 1 saturated heterocycles. The predicted molar refractivity (Wildman–Crippen MR) is 82.0 cm³/mol. The highest BCUT2D eigenvalue weighted by Crippen LogP contribution is 2.28. The molecular weight excluding hydrogens is 282 g/mol. The van der Waals surface area contributed by atoms with Gasteiger partial charge in [0.05, 0.1) is 6.61 Å². The van der Waals surface area contributed by atoms with Crippen LogP contribution in [0.1, 0.15) is 37.4 Å². The normalized spacial score (nSPS) is 18.8. The molecule has 1 aliphatic rings. The van der Waals surface area contributed by atoms with Crippen molar-refractivity contribution in [3.63, 3.8) is 0 Å². The molecule has 1 atom stereocenters. The van der Waals surface area contributed by atoms with Gasteiger partial charge in [-0.2, -0.15) is 4.98 Å². The van der Waals surface area contributed by atoms with Crippen molar-refractivity contribution in [3.05, 3.63) is 24.1 Å². The van der Waals surface area contributed by atoms with Gasteiger partial charge in [-0.3, -0.25) is 0 Å². The molecule has 3 heterocycles. The van der Waals surface area contributed by atoms with Gasteiger partial charge < -0.3 is 18.7 Å². The van der Waals surface area contributed by atoms with Crippen LogP contribution in [0.2, 0.25) is 0 Å². The fourth-order valence-electron chi connectivity index (χ4n) is 2.95. The van der Waals surface area contributed by atoms with Gasteiger partial charge in [0.25, 0.3) is 5.95 Å². The number of hydrogen-bond donors (Lipinski definition) is 0. The highest BCUT2D eigenvalue weighted by molar-refractivity contribution is 5.30. The first kappa shape index (κ1) is 15.0. The van der Waals surface area contributed by atoms with Crippen LogP contribution >= 0.6 is 0 Å². The Morgan fingerprint density at radius 3 is 3.14 bits per heavy atom. The molecule has 120 valence electrons. The van der Waals surface area contributed by atoms with Crippen LogP contribution in [-0.2, 0) is 17.7 Å². The van der Waals surface area contributed by atoms with Crippen molar-refractivity contribution >= 4 is 5.95 Å². The molecule has 3 rings (SSSR count). The fraction of sp³-hybridized carbons (Fsp3) is 0.667. The maximum atomic E-state index is 5.23. The fourth-order valence-corrected chi connectivity index (χ4v) is 2.95. The second-order valence-electron chi connectivity index (χ2n) is 5.60. The quantitative estimate of drug-likeness (QED) is 0.811. The first-order valence-corrected chi connectivity index (χ1v) is 7.89. The van der Waals surface area contributed by atoms with Gasteiger partial charge in [-0.1, -0.05) is 6.92 Å². The first-order valence-electron chi connectivity index (χ1n) is 7.89. The van der Waals surface area contributed by atoms with Crippen LogP contribution in [0.3, 0.4) is 0 Å². The highest BCUT2D eigenvalue weighted by atomic mass is 16.5. The average molecular weight is 305 g/mol. The second-order valence-corrected chi connectivity index (χ2v) is 5.60. The number of aryl methyl sites for hydroxylation is 1. The van der Waals surface area contributed by atoms with E-state index in [0.29, 0.717) is 24.4 Å². The van der Waals surface area contributed by atoms with Crippen molar-refractivity contribution in [1.29, 1.82) is 0 Å². The lowest BCUT2D eigenvalue weighted by atomic mass is 9.97. The number of imidazole rings is 1. The third kappa shape index (κ3) is 3.14. The summed E-state index contributed by atoms with van der Waals surface area (Å²) in [6.45, 7) is 5.41. The molecule has 0 aliphatic carbocycles. The number of methoxy groups -OCH3 is 1. The minimum Gasteiger partial charge on any atom is -0.383 e. The molecule has 7 nitrogen and oxygen atoms in total. The summed E-state index contributed by atoms with van der Waals surface area (Å²) >= 11 is 0. The highest BCUT2D eigenvalue weighted by Gasteiger charge is 2.27. The van der Waals surface area contributed by atoms with E-state index < -0.39 is 0 Å². The Morgan fingerprint density at radius 2 is 2.36 bits per heavy atom. The molecule has 7 heteroatoms. The maximum absolute atomic E-state index is 5.23. The molecular formula is C15H23N5O2. The number of rotatable bonds is 6. The van der Waals surface area contributed by atoms with Crippen LogP contribution in [-0.4, -0.2) is 46.5 Å². The Hall–Kier alpha value is -1.89. The summed E-state index contributed by atoms with van der Waals surface area (Å²) in [5.41, 5.74) is 0. The van der Waals surface area contributed by atoms with Crippen molar-refractivity contribution < 1.29 is 9.26 Å². The molecule has 1 aliphatic heterocycles. The van der Waals surface area contributed by atoms with E-state index in [9.17, 15) is 0 Å². The topological polar surface area (TPSA) is 69.2 Å². The molecule has 0 saturated carbocycles. The standard InChI is InChI=1S/C15H23N5O2/c1-3-13-17-15(18-22-13)20-7-4-5-12(11-20)14-16-6-8-19(14)9-10-21-2/h6,8,12H,3-5,7,9-11H2,1-2H3. The average Bonchev–Trinajstić information content (AvgIpc) is 3.22. The molecule has 0 radical (unpaired) electrons. The number of anilines is 1. The molecule has 22 heavy (non-hydrogen) atoms. The third-order valence-electron chi connectivity index (χ3n) is 4.11. The second kappa shape index (κ2) is 6.91. The van der Waals surface area contributed by atoms with Gasteiger partial charge in [-0.05, 0) is 18.0 Å². The van der Waals surface area contributed by atoms with E-state index in [1.165, 1.54) is 0 Å². The Bertz CT molecular complexity index is 594. The Balaban J connectivity index is 1.71. The summed E-state index contributed by atoms with van der Waals surface area (Å²) in [5, 5.41) is 4.09. The summed E-state index contributed by atoms with van der Waals surface area (Å²) < 4.78 is 12.6. The van der Waals surface area contributed by atoms with Gasteiger partial charge in [-0.15, -0.1) is 0 Å². The number of aromatic nitrogens is 4. The van der Waals surface area contributed by atoms with E-state index in [4.69, 9.17) is 9.26 Å². The van der Waals surface area contributed by atoms with E-state index in [1.54, 1.807) is 7.11 Å². The van der Waals surface area contributed by atoms with Crippen molar-refractivity contribution in [1.82, 2.24) is 19.7 Å². The lowest BCUT2D eigenvalue weighted by Gasteiger charge is -2.31. The maximum Gasteiger partial charge on any atom is 0.266 e. The smallest absolute Gasteiger partial charge is 0.266 e. The van der Waals surface area contributed by atoms with Crippen molar-refractivity contribution in [2.24, 2.45) is 0 Å². The van der Waals surface area contributed by atoms with E-state index in [1.807, 2.05) is 19.3 Å². The van der Waals surface area contributed by atoms with Gasteiger partial charge in [0.2, 0.25) is 5.89 Å². The molecule has 2 aromatic rings. The van der Waals surface area contributed by atoms with Gasteiger partial charge in [0, 0.05) is 51.5 Å². The third-order valence-corrected chi connectivity index (χ3v) is 4.11. The molecule has 2 aromatic heterocycles. The SMILES string of the molecule is CCc1nc(N2CCCC(c3nccn3CCOC)C2)no1. The Labute approximate surface area is 130 Å². The van der Waals surface area contributed by atoms with Gasteiger partial charge in [-0.25, -0.2) is 4.98 Å². The number of ether oxygens (including phenoxy) is 1. The van der Waals surface area contributed by atoms with Crippen LogP contribution in [0.25, 0.3) is 0 Å². The Morgan fingerprint density at radius 1 is 1.45 bits per heavy atom. The minimum atomic E-state index is 0.393. The molecule has 0 amide bonds. The summed E-state index contributed by atoms with van der Waals surface area (Å²) in [7, 11) is 1.72. The zero-order valence-electron chi connectivity index (χ0n) is 13.2. The van der Waals surface area contributed by atoms with Gasteiger partial charge in [0.1, 0.15) is 5.82 Å². The molecule has 0 aromatic carbocycles. The van der Waals surface area contributed by atoms with E-state index in [0.717, 1.165) is 44.7 Å². The molecule has 0 bridgehead atoms. The van der Waals surface area contributed by atoms with E-state index in [2.05, 4.69) is 24.6 Å². The summed E-state index contributed by atoms with van der Waals surface area (Å²) in [6.07, 6.45) is 6.91. The Kier molecular flexibility index (Phi) is 4.72. The first-order chi connectivity index (χ1) is 10.8. The van der Waals surface area contributed by atoms with Gasteiger partial charge in [0.15, 0.2) is 0 Å². The predicted octanol–water partition coefficient (Wildman–Crippen LogP) is 1.86. The van der Waals surface area contributed by atoms with Crippen LogP contribution in [0.4, 0.5) is 5.95 Å². The molecule has 1 fully saturated rings. The zero-order valence-corrected chi connectivity index (χ0v) is 13.2. The summed E-state index contributed by atoms with van der Waals surface area (Å²) in [6, 6.07) is 0. The summed E-state index contributed by atoms with van der Waals surface area (Å²) in [5.74, 6) is 2.92. The molecule has 0 spiro atoms.